The first-order chi connectivity index (χ1) is 11.2. The number of para-hydroxylation sites is 2. The van der Waals surface area contributed by atoms with E-state index < -0.39 is 0 Å². The molecule has 3 aromatic rings. The van der Waals surface area contributed by atoms with Crippen LogP contribution in [0, 0.1) is 6.92 Å². The summed E-state index contributed by atoms with van der Waals surface area (Å²) < 4.78 is 2.30. The number of hydrogen-bond acceptors (Lipinski definition) is 2. The molecule has 0 saturated heterocycles. The topological polar surface area (TPSA) is 43.8 Å². The third-order valence-electron chi connectivity index (χ3n) is 4.43. The molecule has 0 fully saturated rings. The highest BCUT2D eigenvalue weighted by atomic mass is 15.1. The molecule has 1 heterocycles. The number of hydrogen-bond donors (Lipinski definition) is 1. The average Bonchev–Trinajstić information content (AvgIpc) is 2.92. The predicted molar refractivity (Wildman–Crippen MR) is 96.6 cm³/mol. The smallest absolute Gasteiger partial charge is 0.110 e. The molecule has 3 nitrogen and oxygen atoms in total. The van der Waals surface area contributed by atoms with Crippen molar-refractivity contribution in [2.75, 3.05) is 0 Å². The zero-order chi connectivity index (χ0) is 16.2. The summed E-state index contributed by atoms with van der Waals surface area (Å²) in [7, 11) is 0. The molecule has 120 valence electrons. The molecule has 1 atom stereocenters. The van der Waals surface area contributed by atoms with Crippen LogP contribution in [0.5, 0.6) is 0 Å². The highest BCUT2D eigenvalue weighted by Gasteiger charge is 2.12. The summed E-state index contributed by atoms with van der Waals surface area (Å²) in [5.41, 5.74) is 11.1. The van der Waals surface area contributed by atoms with Crippen molar-refractivity contribution in [3.8, 4) is 0 Å². The molecule has 2 N–H and O–H groups in total. The van der Waals surface area contributed by atoms with Crippen molar-refractivity contribution >= 4 is 11.0 Å². The molecule has 0 aliphatic heterocycles. The molecule has 0 aliphatic carbocycles. The molecule has 3 heteroatoms. The molecule has 2 aromatic carbocycles. The van der Waals surface area contributed by atoms with Crippen LogP contribution in [-0.4, -0.2) is 15.6 Å². The summed E-state index contributed by atoms with van der Waals surface area (Å²) in [6.45, 7) is 5.09. The van der Waals surface area contributed by atoms with Gasteiger partial charge in [-0.25, -0.2) is 4.98 Å². The molecule has 23 heavy (non-hydrogen) atoms. The Kier molecular flexibility index (Phi) is 4.77. The van der Waals surface area contributed by atoms with Crippen LogP contribution in [0.3, 0.4) is 0 Å². The van der Waals surface area contributed by atoms with Gasteiger partial charge in [0.25, 0.3) is 0 Å². The summed E-state index contributed by atoms with van der Waals surface area (Å²) >= 11 is 0. The van der Waals surface area contributed by atoms with E-state index in [9.17, 15) is 0 Å². The van der Waals surface area contributed by atoms with Crippen LogP contribution >= 0.6 is 0 Å². The number of aryl methyl sites for hydroxylation is 3. The van der Waals surface area contributed by atoms with E-state index in [1.54, 1.807) is 0 Å². The molecular weight excluding hydrogens is 282 g/mol. The summed E-state index contributed by atoms with van der Waals surface area (Å²) in [6, 6.07) is 17.3. The highest BCUT2D eigenvalue weighted by Crippen LogP contribution is 2.18. The Morgan fingerprint density at radius 1 is 1.04 bits per heavy atom. The Hall–Kier alpha value is -2.13. The minimum atomic E-state index is 0.172. The maximum atomic E-state index is 6.20. The zero-order valence-corrected chi connectivity index (χ0v) is 14.0. The Bertz CT molecular complexity index is 771. The average molecular weight is 307 g/mol. The van der Waals surface area contributed by atoms with E-state index in [1.165, 1.54) is 16.6 Å². The number of nitrogens with zero attached hydrogens (tertiary/aromatic N) is 2. The van der Waals surface area contributed by atoms with Crippen molar-refractivity contribution in [1.82, 2.24) is 9.55 Å². The van der Waals surface area contributed by atoms with E-state index in [1.807, 2.05) is 6.07 Å². The Labute approximate surface area is 138 Å². The summed E-state index contributed by atoms with van der Waals surface area (Å²) in [4.78, 5) is 4.84. The largest absolute Gasteiger partial charge is 0.326 e. The van der Waals surface area contributed by atoms with Crippen molar-refractivity contribution in [3.05, 3.63) is 65.5 Å². The van der Waals surface area contributed by atoms with E-state index in [4.69, 9.17) is 10.7 Å². The van der Waals surface area contributed by atoms with Crippen LogP contribution in [0.2, 0.25) is 0 Å². The molecule has 0 aliphatic rings. The third-order valence-corrected chi connectivity index (χ3v) is 4.43. The fourth-order valence-electron chi connectivity index (χ4n) is 2.89. The van der Waals surface area contributed by atoms with Crippen molar-refractivity contribution in [1.29, 1.82) is 0 Å². The summed E-state index contributed by atoms with van der Waals surface area (Å²) in [5.74, 6) is 1.13. The van der Waals surface area contributed by atoms with Crippen molar-refractivity contribution in [3.63, 3.8) is 0 Å². The maximum absolute atomic E-state index is 6.20. The van der Waals surface area contributed by atoms with Gasteiger partial charge in [-0.1, -0.05) is 48.9 Å². The monoisotopic (exact) mass is 307 g/mol. The third kappa shape index (κ3) is 3.62. The van der Waals surface area contributed by atoms with Gasteiger partial charge in [0.2, 0.25) is 0 Å². The molecular formula is C20H25N3. The molecule has 0 spiro atoms. The minimum Gasteiger partial charge on any atom is -0.326 e. The van der Waals surface area contributed by atoms with Gasteiger partial charge in [-0.3, -0.25) is 0 Å². The first kappa shape index (κ1) is 15.8. The molecule has 0 bridgehead atoms. The van der Waals surface area contributed by atoms with E-state index >= 15 is 0 Å². The quantitative estimate of drug-likeness (QED) is 0.751. The second-order valence-corrected chi connectivity index (χ2v) is 6.28. The van der Waals surface area contributed by atoms with Crippen LogP contribution < -0.4 is 5.73 Å². The van der Waals surface area contributed by atoms with E-state index in [-0.39, 0.29) is 6.04 Å². The van der Waals surface area contributed by atoms with E-state index in [0.717, 1.165) is 37.1 Å². The Balaban J connectivity index is 1.86. The van der Waals surface area contributed by atoms with Gasteiger partial charge in [0, 0.05) is 19.0 Å². The number of imidazole rings is 1. The maximum Gasteiger partial charge on any atom is 0.110 e. The van der Waals surface area contributed by atoms with Gasteiger partial charge in [-0.15, -0.1) is 0 Å². The van der Waals surface area contributed by atoms with Gasteiger partial charge in [0.05, 0.1) is 11.0 Å². The molecule has 1 aromatic heterocycles. The van der Waals surface area contributed by atoms with Crippen molar-refractivity contribution in [2.24, 2.45) is 5.73 Å². The van der Waals surface area contributed by atoms with Crippen LogP contribution in [0.15, 0.2) is 48.5 Å². The molecule has 3 rings (SSSR count). The van der Waals surface area contributed by atoms with Gasteiger partial charge in [0.15, 0.2) is 0 Å². The molecule has 0 saturated carbocycles. The summed E-state index contributed by atoms with van der Waals surface area (Å²) in [5, 5.41) is 0. The van der Waals surface area contributed by atoms with Crippen LogP contribution in [0.1, 0.15) is 30.3 Å². The predicted octanol–water partition coefficient (Wildman–Crippen LogP) is 3.87. The van der Waals surface area contributed by atoms with Gasteiger partial charge in [-0.2, -0.15) is 0 Å². The standard InChI is InChI=1S/C20H25N3/c1-3-17(21)14-23-19-7-5-4-6-18(19)22-20(23)13-12-16-10-8-15(2)9-11-16/h4-11,17H,3,12-14,21H2,1-2H3. The Morgan fingerprint density at radius 2 is 1.78 bits per heavy atom. The lowest BCUT2D eigenvalue weighted by Crippen LogP contribution is -2.26. The fourth-order valence-corrected chi connectivity index (χ4v) is 2.89. The number of rotatable bonds is 6. The van der Waals surface area contributed by atoms with Gasteiger partial charge in [0.1, 0.15) is 5.82 Å². The number of nitrogens with two attached hydrogens (primary N) is 1. The first-order valence-corrected chi connectivity index (χ1v) is 8.42. The second kappa shape index (κ2) is 6.97. The Morgan fingerprint density at radius 3 is 2.52 bits per heavy atom. The van der Waals surface area contributed by atoms with E-state index in [2.05, 4.69) is 60.9 Å². The number of aromatic nitrogens is 2. The van der Waals surface area contributed by atoms with Crippen LogP contribution in [0.4, 0.5) is 0 Å². The highest BCUT2D eigenvalue weighted by molar-refractivity contribution is 5.75. The van der Waals surface area contributed by atoms with Crippen LogP contribution in [-0.2, 0) is 19.4 Å². The van der Waals surface area contributed by atoms with Crippen LogP contribution in [0.25, 0.3) is 11.0 Å². The van der Waals surface area contributed by atoms with Crippen molar-refractivity contribution in [2.45, 2.75) is 45.7 Å². The van der Waals surface area contributed by atoms with Crippen molar-refractivity contribution < 1.29 is 0 Å². The van der Waals surface area contributed by atoms with E-state index in [0.29, 0.717) is 0 Å². The minimum absolute atomic E-state index is 0.172. The lowest BCUT2D eigenvalue weighted by Gasteiger charge is -2.14. The lowest BCUT2D eigenvalue weighted by molar-refractivity contribution is 0.531. The molecule has 1 unspecified atom stereocenters. The van der Waals surface area contributed by atoms with Gasteiger partial charge < -0.3 is 10.3 Å². The lowest BCUT2D eigenvalue weighted by atomic mass is 10.1. The normalized spacial score (nSPS) is 12.7. The van der Waals surface area contributed by atoms with Gasteiger partial charge >= 0.3 is 0 Å². The fraction of sp³-hybridized carbons (Fsp3) is 0.350. The second-order valence-electron chi connectivity index (χ2n) is 6.28. The number of benzene rings is 2. The number of fused-ring (bicyclic) bond motifs is 1. The van der Waals surface area contributed by atoms with Gasteiger partial charge in [-0.05, 0) is 37.5 Å². The molecule has 0 amide bonds. The zero-order valence-electron chi connectivity index (χ0n) is 14.0. The summed E-state index contributed by atoms with van der Waals surface area (Å²) in [6.07, 6.45) is 2.92. The first-order valence-electron chi connectivity index (χ1n) is 8.42. The SMILES string of the molecule is CCC(N)Cn1c(CCc2ccc(C)cc2)nc2ccccc21. The molecule has 0 radical (unpaired) electrons.